The molecule has 126 valence electrons. The summed E-state index contributed by atoms with van der Waals surface area (Å²) in [5.74, 6) is -0.355. The van der Waals surface area contributed by atoms with E-state index < -0.39 is 5.60 Å². The first kappa shape index (κ1) is 18.0. The van der Waals surface area contributed by atoms with Crippen LogP contribution in [0.4, 0.5) is 0 Å². The fraction of sp³-hybridized carbons (Fsp3) is 0.286. The van der Waals surface area contributed by atoms with Crippen LogP contribution in [0.1, 0.15) is 31.9 Å². The number of carbonyl (C=O) groups excluding carboxylic acids is 1. The zero-order chi connectivity index (χ0) is 17.6. The molecule has 0 spiro atoms. The Hall–Kier alpha value is -2.39. The average Bonchev–Trinajstić information content (AvgIpc) is 2.55. The molecule has 2 rings (SSSR count). The first-order valence-corrected chi connectivity index (χ1v) is 7.98. The van der Waals surface area contributed by atoms with Crippen LogP contribution in [0.3, 0.4) is 0 Å². The number of hydrogen-bond acceptors (Lipinski definition) is 3. The van der Waals surface area contributed by atoms with E-state index in [1.807, 2.05) is 81.4 Å². The highest BCUT2D eigenvalue weighted by Gasteiger charge is 2.24. The summed E-state index contributed by atoms with van der Waals surface area (Å²) in [6.45, 7) is 5.77. The minimum Gasteiger partial charge on any atom is -0.457 e. The number of benzene rings is 2. The molecule has 0 heterocycles. The van der Waals surface area contributed by atoms with Crippen molar-refractivity contribution in [3.05, 3.63) is 77.4 Å². The lowest BCUT2D eigenvalue weighted by molar-refractivity contribution is -0.150. The lowest BCUT2D eigenvalue weighted by Gasteiger charge is -2.22. The molecule has 3 nitrogen and oxygen atoms in total. The van der Waals surface area contributed by atoms with E-state index in [4.69, 9.17) is 9.47 Å². The summed E-state index contributed by atoms with van der Waals surface area (Å²) in [5.41, 5.74) is 2.72. The zero-order valence-electron chi connectivity index (χ0n) is 14.7. The highest BCUT2D eigenvalue weighted by Crippen LogP contribution is 2.28. The van der Waals surface area contributed by atoms with Crippen LogP contribution in [0.2, 0.25) is 0 Å². The molecule has 0 atom stereocenters. The van der Waals surface area contributed by atoms with Gasteiger partial charge in [0.05, 0.1) is 12.2 Å². The molecule has 0 fully saturated rings. The Kier molecular flexibility index (Phi) is 5.93. The molecule has 0 unspecified atom stereocenters. The smallest absolute Gasteiger partial charge is 0.337 e. The molecular formula is C21H24O3. The van der Waals surface area contributed by atoms with Gasteiger partial charge in [-0.1, -0.05) is 60.7 Å². The Morgan fingerprint density at radius 2 is 1.33 bits per heavy atom. The van der Waals surface area contributed by atoms with Gasteiger partial charge in [-0.05, 0) is 31.9 Å². The van der Waals surface area contributed by atoms with Crippen LogP contribution in [0.25, 0.3) is 5.57 Å². The molecular weight excluding hydrogens is 300 g/mol. The monoisotopic (exact) mass is 324 g/mol. The van der Waals surface area contributed by atoms with E-state index in [0.717, 1.165) is 16.7 Å². The first-order valence-electron chi connectivity index (χ1n) is 7.98. The van der Waals surface area contributed by atoms with Gasteiger partial charge in [0.2, 0.25) is 0 Å². The Balaban J connectivity index is 2.63. The van der Waals surface area contributed by atoms with Gasteiger partial charge in [0.1, 0.15) is 5.60 Å². The quantitative estimate of drug-likeness (QED) is 0.601. The number of rotatable bonds is 5. The Morgan fingerprint density at radius 3 is 1.71 bits per heavy atom. The molecule has 0 aliphatic carbocycles. The summed E-state index contributed by atoms with van der Waals surface area (Å²) >= 11 is 0. The molecule has 0 saturated carbocycles. The van der Waals surface area contributed by atoms with Crippen molar-refractivity contribution in [3.8, 4) is 0 Å². The summed E-state index contributed by atoms with van der Waals surface area (Å²) in [4.78, 5) is 12.8. The lowest BCUT2D eigenvalue weighted by atomic mass is 9.93. The summed E-state index contributed by atoms with van der Waals surface area (Å²) in [6, 6.07) is 19.7. The summed E-state index contributed by atoms with van der Waals surface area (Å²) in [6.07, 6.45) is 0. The summed E-state index contributed by atoms with van der Waals surface area (Å²) in [5, 5.41) is 0. The van der Waals surface area contributed by atoms with Crippen molar-refractivity contribution in [2.45, 2.75) is 26.4 Å². The van der Waals surface area contributed by atoms with Gasteiger partial charge < -0.3 is 9.47 Å². The van der Waals surface area contributed by atoms with E-state index in [9.17, 15) is 4.79 Å². The maximum Gasteiger partial charge on any atom is 0.337 e. The number of carbonyl (C=O) groups is 1. The lowest BCUT2D eigenvalue weighted by Crippen LogP contribution is -2.26. The van der Waals surface area contributed by atoms with Crippen molar-refractivity contribution in [1.82, 2.24) is 0 Å². The maximum atomic E-state index is 12.8. The second-order valence-electron chi connectivity index (χ2n) is 6.52. The minimum absolute atomic E-state index is 0.189. The van der Waals surface area contributed by atoms with E-state index in [0.29, 0.717) is 5.57 Å². The van der Waals surface area contributed by atoms with Gasteiger partial charge in [0.25, 0.3) is 0 Å². The number of ether oxygens (including phenoxy) is 2. The first-order chi connectivity index (χ1) is 11.4. The highest BCUT2D eigenvalue weighted by atomic mass is 16.6. The van der Waals surface area contributed by atoms with Gasteiger partial charge in [0, 0.05) is 12.7 Å². The van der Waals surface area contributed by atoms with Crippen molar-refractivity contribution in [2.75, 3.05) is 13.7 Å². The van der Waals surface area contributed by atoms with Crippen molar-refractivity contribution in [3.63, 3.8) is 0 Å². The van der Waals surface area contributed by atoms with Gasteiger partial charge in [-0.2, -0.15) is 0 Å². The normalized spacial score (nSPS) is 11.0. The van der Waals surface area contributed by atoms with Crippen LogP contribution >= 0.6 is 0 Å². The van der Waals surface area contributed by atoms with Crippen LogP contribution < -0.4 is 0 Å². The molecule has 0 aliphatic rings. The Labute approximate surface area is 143 Å². The number of esters is 1. The third-order valence-corrected chi connectivity index (χ3v) is 3.36. The zero-order valence-corrected chi connectivity index (χ0v) is 14.7. The maximum absolute atomic E-state index is 12.8. The molecule has 0 bridgehead atoms. The molecule has 2 aromatic carbocycles. The summed E-state index contributed by atoms with van der Waals surface area (Å²) < 4.78 is 10.9. The topological polar surface area (TPSA) is 35.5 Å². The van der Waals surface area contributed by atoms with Crippen LogP contribution in [0.15, 0.2) is 66.2 Å². The predicted octanol–water partition coefficient (Wildman–Crippen LogP) is 4.48. The van der Waals surface area contributed by atoms with E-state index >= 15 is 0 Å². The molecule has 0 saturated heterocycles. The fourth-order valence-corrected chi connectivity index (χ4v) is 2.44. The third-order valence-electron chi connectivity index (χ3n) is 3.36. The molecule has 3 heteroatoms. The SMILES string of the molecule is COCC(C(=O)OC(C)(C)C)=C(c1ccccc1)c1ccccc1. The highest BCUT2D eigenvalue weighted by molar-refractivity contribution is 6.02. The number of methoxy groups -OCH3 is 1. The van der Waals surface area contributed by atoms with Gasteiger partial charge in [-0.25, -0.2) is 4.79 Å². The third kappa shape index (κ3) is 4.80. The van der Waals surface area contributed by atoms with Crippen LogP contribution in [0.5, 0.6) is 0 Å². The second-order valence-corrected chi connectivity index (χ2v) is 6.52. The molecule has 0 radical (unpaired) electrons. The van der Waals surface area contributed by atoms with Gasteiger partial charge >= 0.3 is 5.97 Å². The van der Waals surface area contributed by atoms with Crippen molar-refractivity contribution in [1.29, 1.82) is 0 Å². The second kappa shape index (κ2) is 7.93. The summed E-state index contributed by atoms with van der Waals surface area (Å²) in [7, 11) is 1.58. The molecule has 0 amide bonds. The van der Waals surface area contributed by atoms with Crippen LogP contribution in [0, 0.1) is 0 Å². The number of hydrogen-bond donors (Lipinski definition) is 0. The molecule has 0 aromatic heterocycles. The predicted molar refractivity (Wildman–Crippen MR) is 96.6 cm³/mol. The molecule has 2 aromatic rings. The van der Waals surface area contributed by atoms with Gasteiger partial charge in [0.15, 0.2) is 0 Å². The van der Waals surface area contributed by atoms with Crippen molar-refractivity contribution in [2.24, 2.45) is 0 Å². The molecule has 24 heavy (non-hydrogen) atoms. The largest absolute Gasteiger partial charge is 0.457 e. The van der Waals surface area contributed by atoms with Crippen molar-refractivity contribution < 1.29 is 14.3 Å². The van der Waals surface area contributed by atoms with Gasteiger partial charge in [-0.15, -0.1) is 0 Å². The standard InChI is InChI=1S/C21H24O3/c1-21(2,3)24-20(22)18(15-23-4)19(16-11-7-5-8-12-16)17-13-9-6-10-14-17/h5-14H,15H2,1-4H3. The van der Waals surface area contributed by atoms with E-state index in [1.165, 1.54) is 0 Å². The Bertz CT molecular complexity index is 653. The molecule has 0 aliphatic heterocycles. The fourth-order valence-electron chi connectivity index (χ4n) is 2.44. The van der Waals surface area contributed by atoms with Crippen molar-refractivity contribution >= 4 is 11.5 Å². The van der Waals surface area contributed by atoms with E-state index in [2.05, 4.69) is 0 Å². The molecule has 0 N–H and O–H groups in total. The van der Waals surface area contributed by atoms with Gasteiger partial charge in [-0.3, -0.25) is 0 Å². The van der Waals surface area contributed by atoms with Crippen LogP contribution in [-0.2, 0) is 14.3 Å². The van der Waals surface area contributed by atoms with Crippen LogP contribution in [-0.4, -0.2) is 25.3 Å². The minimum atomic E-state index is -0.561. The Morgan fingerprint density at radius 1 is 0.875 bits per heavy atom. The van der Waals surface area contributed by atoms with E-state index in [1.54, 1.807) is 7.11 Å². The average molecular weight is 324 g/mol. The van der Waals surface area contributed by atoms with E-state index in [-0.39, 0.29) is 12.6 Å².